The molecule has 0 amide bonds. The fourth-order valence-electron chi connectivity index (χ4n) is 2.68. The molecule has 0 aromatic carbocycles. The maximum atomic E-state index is 10.4. The van der Waals surface area contributed by atoms with E-state index in [4.69, 9.17) is 4.74 Å². The molecule has 0 aliphatic carbocycles. The molecule has 1 aromatic heterocycles. The summed E-state index contributed by atoms with van der Waals surface area (Å²) in [7, 11) is 0. The number of halogens is 1. The lowest BCUT2D eigenvalue weighted by Gasteiger charge is -2.44. The Morgan fingerprint density at radius 1 is 1.44 bits per heavy atom. The highest BCUT2D eigenvalue weighted by Gasteiger charge is 2.37. The molecule has 2 aliphatic rings. The second kappa shape index (κ2) is 4.92. The molecule has 2 fully saturated rings. The number of ether oxygens (including phenoxy) is 1. The van der Waals surface area contributed by atoms with Gasteiger partial charge in [-0.3, -0.25) is 9.58 Å². The van der Waals surface area contributed by atoms with Crippen LogP contribution in [-0.4, -0.2) is 58.2 Å². The SMILES string of the molecule is OC1(CN2CC(n3cc(Br)cn3)C2)CCOCC1. The van der Waals surface area contributed by atoms with Crippen LogP contribution in [-0.2, 0) is 4.74 Å². The molecule has 0 spiro atoms. The maximum absolute atomic E-state index is 10.4. The number of β-amino-alcohol motifs (C(OH)–C–C–N with tert-alkyl or cyclic N) is 1. The number of aliphatic hydroxyl groups is 1. The molecule has 3 rings (SSSR count). The fraction of sp³-hybridized carbons (Fsp3) is 0.750. The van der Waals surface area contributed by atoms with Crippen LogP contribution in [0, 0.1) is 0 Å². The first-order valence-corrected chi connectivity index (χ1v) is 7.16. The van der Waals surface area contributed by atoms with Crippen molar-refractivity contribution in [3.8, 4) is 0 Å². The van der Waals surface area contributed by atoms with Crippen LogP contribution in [0.2, 0.25) is 0 Å². The molecule has 2 aliphatic heterocycles. The molecule has 1 N–H and O–H groups in total. The van der Waals surface area contributed by atoms with Crippen LogP contribution in [0.15, 0.2) is 16.9 Å². The van der Waals surface area contributed by atoms with Gasteiger partial charge in [-0.05, 0) is 15.9 Å². The van der Waals surface area contributed by atoms with Crippen LogP contribution in [0.4, 0.5) is 0 Å². The van der Waals surface area contributed by atoms with E-state index < -0.39 is 5.60 Å². The smallest absolute Gasteiger partial charge is 0.0817 e. The molecule has 0 saturated carbocycles. The van der Waals surface area contributed by atoms with Crippen LogP contribution < -0.4 is 0 Å². The number of nitrogens with zero attached hydrogens (tertiary/aromatic N) is 3. The summed E-state index contributed by atoms with van der Waals surface area (Å²) in [6.07, 6.45) is 5.32. The molecule has 5 nitrogen and oxygen atoms in total. The van der Waals surface area contributed by atoms with Crippen LogP contribution in [0.3, 0.4) is 0 Å². The van der Waals surface area contributed by atoms with E-state index >= 15 is 0 Å². The summed E-state index contributed by atoms with van der Waals surface area (Å²) in [6.45, 7) is 4.06. The van der Waals surface area contributed by atoms with Gasteiger partial charge in [-0.25, -0.2) is 0 Å². The summed E-state index contributed by atoms with van der Waals surface area (Å²) in [6, 6.07) is 0.444. The van der Waals surface area contributed by atoms with Crippen LogP contribution in [0.25, 0.3) is 0 Å². The first-order chi connectivity index (χ1) is 8.65. The van der Waals surface area contributed by atoms with E-state index in [1.165, 1.54) is 0 Å². The first kappa shape index (κ1) is 12.6. The molecule has 0 unspecified atom stereocenters. The van der Waals surface area contributed by atoms with E-state index in [1.807, 2.05) is 17.1 Å². The standard InChI is InChI=1S/C12H18BrN3O2/c13-10-5-14-16(6-10)11-7-15(8-11)9-12(17)1-3-18-4-2-12/h5-6,11,17H,1-4,7-9H2. The summed E-state index contributed by atoms with van der Waals surface area (Å²) in [5, 5.41) is 14.7. The lowest BCUT2D eigenvalue weighted by atomic mass is 9.92. The van der Waals surface area contributed by atoms with Crippen LogP contribution >= 0.6 is 15.9 Å². The van der Waals surface area contributed by atoms with Gasteiger partial charge in [0.15, 0.2) is 0 Å². The zero-order chi connectivity index (χ0) is 12.6. The van der Waals surface area contributed by atoms with E-state index in [0.717, 1.165) is 36.9 Å². The summed E-state index contributed by atoms with van der Waals surface area (Å²) in [5.74, 6) is 0. The first-order valence-electron chi connectivity index (χ1n) is 6.37. The third-order valence-electron chi connectivity index (χ3n) is 3.82. The van der Waals surface area contributed by atoms with Crippen molar-refractivity contribution < 1.29 is 9.84 Å². The van der Waals surface area contributed by atoms with Gasteiger partial charge in [-0.15, -0.1) is 0 Å². The van der Waals surface area contributed by atoms with Gasteiger partial charge in [0.2, 0.25) is 0 Å². The Hall–Kier alpha value is -0.430. The van der Waals surface area contributed by atoms with Crippen molar-refractivity contribution in [1.82, 2.24) is 14.7 Å². The third-order valence-corrected chi connectivity index (χ3v) is 4.23. The molecule has 18 heavy (non-hydrogen) atoms. The fourth-order valence-corrected chi connectivity index (χ4v) is 2.98. The highest BCUT2D eigenvalue weighted by atomic mass is 79.9. The van der Waals surface area contributed by atoms with Gasteiger partial charge >= 0.3 is 0 Å². The summed E-state index contributed by atoms with van der Waals surface area (Å²) < 4.78 is 8.31. The third kappa shape index (κ3) is 2.61. The zero-order valence-electron chi connectivity index (χ0n) is 10.3. The van der Waals surface area contributed by atoms with Gasteiger partial charge in [0.25, 0.3) is 0 Å². The number of aromatic nitrogens is 2. The predicted molar refractivity (Wildman–Crippen MR) is 70.4 cm³/mol. The minimum absolute atomic E-state index is 0.444. The lowest BCUT2D eigenvalue weighted by Crippen LogP contribution is -2.55. The van der Waals surface area contributed by atoms with Crippen molar-refractivity contribution in [2.75, 3.05) is 32.8 Å². The molecule has 0 radical (unpaired) electrons. The summed E-state index contributed by atoms with van der Waals surface area (Å²) >= 11 is 3.41. The Balaban J connectivity index is 1.50. The Morgan fingerprint density at radius 3 is 2.78 bits per heavy atom. The van der Waals surface area contributed by atoms with Crippen LogP contribution in [0.1, 0.15) is 18.9 Å². The van der Waals surface area contributed by atoms with E-state index in [2.05, 4.69) is 25.9 Å². The van der Waals surface area contributed by atoms with E-state index in [-0.39, 0.29) is 0 Å². The molecule has 1 aromatic rings. The van der Waals surface area contributed by atoms with Gasteiger partial charge < -0.3 is 9.84 Å². The van der Waals surface area contributed by atoms with Gasteiger partial charge in [0, 0.05) is 51.9 Å². The molecule has 100 valence electrons. The molecule has 2 saturated heterocycles. The van der Waals surface area contributed by atoms with Gasteiger partial charge in [0.1, 0.15) is 0 Å². The molecule has 3 heterocycles. The second-order valence-corrected chi connectivity index (χ2v) is 6.24. The Labute approximate surface area is 115 Å². The second-order valence-electron chi connectivity index (χ2n) is 5.32. The molecule has 6 heteroatoms. The highest BCUT2D eigenvalue weighted by molar-refractivity contribution is 9.10. The largest absolute Gasteiger partial charge is 0.388 e. The van der Waals surface area contributed by atoms with Crippen molar-refractivity contribution in [3.05, 3.63) is 16.9 Å². The monoisotopic (exact) mass is 315 g/mol. The Kier molecular flexibility index (Phi) is 3.44. The molecule has 0 bridgehead atoms. The average molecular weight is 316 g/mol. The number of hydrogen-bond donors (Lipinski definition) is 1. The summed E-state index contributed by atoms with van der Waals surface area (Å²) in [5.41, 5.74) is -0.548. The molecule has 0 atom stereocenters. The average Bonchev–Trinajstić information content (AvgIpc) is 2.70. The van der Waals surface area contributed by atoms with Gasteiger partial charge in [0.05, 0.1) is 22.3 Å². The van der Waals surface area contributed by atoms with E-state index in [1.54, 1.807) is 0 Å². The predicted octanol–water partition coefficient (Wildman–Crippen LogP) is 1.04. The van der Waals surface area contributed by atoms with Crippen molar-refractivity contribution in [2.45, 2.75) is 24.5 Å². The Morgan fingerprint density at radius 2 is 2.17 bits per heavy atom. The zero-order valence-corrected chi connectivity index (χ0v) is 11.8. The minimum Gasteiger partial charge on any atom is -0.388 e. The highest BCUT2D eigenvalue weighted by Crippen LogP contribution is 2.28. The van der Waals surface area contributed by atoms with Crippen molar-refractivity contribution in [1.29, 1.82) is 0 Å². The number of rotatable bonds is 3. The van der Waals surface area contributed by atoms with E-state index in [9.17, 15) is 5.11 Å². The lowest BCUT2D eigenvalue weighted by molar-refractivity contribution is -0.0937. The molecular formula is C12H18BrN3O2. The van der Waals surface area contributed by atoms with Crippen molar-refractivity contribution >= 4 is 15.9 Å². The quantitative estimate of drug-likeness (QED) is 0.905. The normalized spacial score (nSPS) is 25.0. The minimum atomic E-state index is -0.548. The summed E-state index contributed by atoms with van der Waals surface area (Å²) in [4.78, 5) is 2.30. The van der Waals surface area contributed by atoms with Crippen molar-refractivity contribution in [3.63, 3.8) is 0 Å². The number of hydrogen-bond acceptors (Lipinski definition) is 4. The Bertz CT molecular complexity index is 411. The van der Waals surface area contributed by atoms with Gasteiger partial charge in [-0.1, -0.05) is 0 Å². The van der Waals surface area contributed by atoms with Gasteiger partial charge in [-0.2, -0.15) is 5.10 Å². The van der Waals surface area contributed by atoms with Crippen LogP contribution in [0.5, 0.6) is 0 Å². The van der Waals surface area contributed by atoms with E-state index in [0.29, 0.717) is 19.3 Å². The number of likely N-dealkylation sites (tertiary alicyclic amines) is 1. The van der Waals surface area contributed by atoms with Crippen molar-refractivity contribution in [2.24, 2.45) is 0 Å². The molecular weight excluding hydrogens is 298 g/mol. The topological polar surface area (TPSA) is 50.5 Å². The maximum Gasteiger partial charge on any atom is 0.0817 e.